The molecule has 188 valence electrons. The molecule has 1 aromatic heterocycles. The highest BCUT2D eigenvalue weighted by Gasteiger charge is 2.31. The van der Waals surface area contributed by atoms with Crippen molar-refractivity contribution in [3.63, 3.8) is 0 Å². The lowest BCUT2D eigenvalue weighted by molar-refractivity contribution is -0.139. The number of carbonyl (C=O) groups is 2. The number of carbonyl (C=O) groups excluding carboxylic acids is 2. The van der Waals surface area contributed by atoms with E-state index in [1.165, 1.54) is 0 Å². The Bertz CT molecular complexity index is 1180. The summed E-state index contributed by atoms with van der Waals surface area (Å²) in [4.78, 5) is 33.1. The topological polar surface area (TPSA) is 76.5 Å². The first kappa shape index (κ1) is 24.3. The van der Waals surface area contributed by atoms with Gasteiger partial charge < -0.3 is 9.64 Å². The zero-order valence-electron chi connectivity index (χ0n) is 20.9. The van der Waals surface area contributed by atoms with Crippen molar-refractivity contribution in [2.75, 3.05) is 25.0 Å². The summed E-state index contributed by atoms with van der Waals surface area (Å²) in [6.07, 6.45) is 7.82. The summed E-state index contributed by atoms with van der Waals surface area (Å²) in [5.41, 5.74) is 3.80. The van der Waals surface area contributed by atoms with Gasteiger partial charge in [0.25, 0.3) is 0 Å². The standard InChI is InChI=1S/C29H34N4O3/c1-21-13-15-24(16-14-21)33-19-26(22-8-3-2-4-9-22)30-29(33)31-27(34)20-32(18-25-12-7-17-36-25)28(35)23-10-5-6-11-23/h2-4,8-9,13-16,19,23,25H,5-7,10-12,17-18,20H2,1H3,(H,30,31,34). The Morgan fingerprint density at radius 1 is 1.03 bits per heavy atom. The lowest BCUT2D eigenvalue weighted by Gasteiger charge is -2.27. The van der Waals surface area contributed by atoms with Gasteiger partial charge in [0.2, 0.25) is 17.8 Å². The Kier molecular flexibility index (Phi) is 7.47. The first-order valence-corrected chi connectivity index (χ1v) is 13.0. The summed E-state index contributed by atoms with van der Waals surface area (Å²) < 4.78 is 7.68. The van der Waals surface area contributed by atoms with Gasteiger partial charge in [-0.3, -0.25) is 19.5 Å². The average Bonchev–Trinajstić information content (AvgIpc) is 3.67. The second kappa shape index (κ2) is 11.1. The smallest absolute Gasteiger partial charge is 0.246 e. The molecule has 1 N–H and O–H groups in total. The van der Waals surface area contributed by atoms with Gasteiger partial charge in [0, 0.05) is 36.5 Å². The molecular formula is C29H34N4O3. The van der Waals surface area contributed by atoms with E-state index in [0.717, 1.165) is 67.6 Å². The van der Waals surface area contributed by atoms with Crippen LogP contribution in [0.25, 0.3) is 16.9 Å². The monoisotopic (exact) mass is 486 g/mol. The Morgan fingerprint density at radius 2 is 1.78 bits per heavy atom. The van der Waals surface area contributed by atoms with Crippen LogP contribution in [0.5, 0.6) is 0 Å². The van der Waals surface area contributed by atoms with E-state index >= 15 is 0 Å². The van der Waals surface area contributed by atoms with Gasteiger partial charge in [-0.1, -0.05) is 60.9 Å². The van der Waals surface area contributed by atoms with Gasteiger partial charge in [-0.15, -0.1) is 0 Å². The SMILES string of the molecule is Cc1ccc(-n2cc(-c3ccccc3)nc2NC(=O)CN(CC2CCCO2)C(=O)C2CCCC2)cc1. The molecule has 1 aliphatic carbocycles. The van der Waals surface area contributed by atoms with Crippen molar-refractivity contribution in [1.82, 2.24) is 14.5 Å². The second-order valence-electron chi connectivity index (χ2n) is 9.90. The molecule has 1 saturated carbocycles. The fourth-order valence-electron chi connectivity index (χ4n) is 5.15. The van der Waals surface area contributed by atoms with E-state index in [1.807, 2.05) is 72.3 Å². The molecule has 3 aromatic rings. The molecule has 1 unspecified atom stereocenters. The number of imidazole rings is 1. The van der Waals surface area contributed by atoms with Crippen molar-refractivity contribution in [3.05, 3.63) is 66.4 Å². The lowest BCUT2D eigenvalue weighted by Crippen LogP contribution is -2.44. The van der Waals surface area contributed by atoms with E-state index < -0.39 is 0 Å². The first-order chi connectivity index (χ1) is 17.6. The average molecular weight is 487 g/mol. The molecule has 0 spiro atoms. The molecule has 1 atom stereocenters. The summed E-state index contributed by atoms with van der Waals surface area (Å²) in [5, 5.41) is 2.99. The minimum Gasteiger partial charge on any atom is -0.376 e. The maximum absolute atomic E-state index is 13.3. The number of aromatic nitrogens is 2. The van der Waals surface area contributed by atoms with Gasteiger partial charge in [0.15, 0.2) is 0 Å². The van der Waals surface area contributed by atoms with E-state index in [-0.39, 0.29) is 30.4 Å². The van der Waals surface area contributed by atoms with Crippen LogP contribution in [0.2, 0.25) is 0 Å². The normalized spacial score (nSPS) is 17.9. The number of benzene rings is 2. The molecule has 36 heavy (non-hydrogen) atoms. The third-order valence-corrected chi connectivity index (χ3v) is 7.14. The van der Waals surface area contributed by atoms with Gasteiger partial charge in [-0.05, 0) is 44.7 Å². The Hall–Kier alpha value is -3.45. The zero-order chi connectivity index (χ0) is 24.9. The molecular weight excluding hydrogens is 452 g/mol. The number of nitrogens with one attached hydrogen (secondary N) is 1. The minimum atomic E-state index is -0.252. The van der Waals surface area contributed by atoms with Gasteiger partial charge in [0.1, 0.15) is 6.54 Å². The van der Waals surface area contributed by atoms with E-state index in [4.69, 9.17) is 9.72 Å². The number of ether oxygens (including phenoxy) is 1. The molecule has 2 heterocycles. The summed E-state index contributed by atoms with van der Waals surface area (Å²) in [7, 11) is 0. The van der Waals surface area contributed by atoms with Crippen LogP contribution >= 0.6 is 0 Å². The maximum atomic E-state index is 13.3. The van der Waals surface area contributed by atoms with Gasteiger partial charge in [-0.2, -0.15) is 0 Å². The number of hydrogen-bond donors (Lipinski definition) is 1. The third-order valence-electron chi connectivity index (χ3n) is 7.14. The summed E-state index contributed by atoms with van der Waals surface area (Å²) >= 11 is 0. The molecule has 0 bridgehead atoms. The van der Waals surface area contributed by atoms with Crippen molar-refractivity contribution < 1.29 is 14.3 Å². The summed E-state index contributed by atoms with van der Waals surface area (Å²) in [6.45, 7) is 3.22. The van der Waals surface area contributed by atoms with Crippen LogP contribution in [0.1, 0.15) is 44.1 Å². The molecule has 5 rings (SSSR count). The van der Waals surface area contributed by atoms with Gasteiger partial charge >= 0.3 is 0 Å². The van der Waals surface area contributed by atoms with Crippen molar-refractivity contribution in [2.45, 2.75) is 51.6 Å². The predicted molar refractivity (Wildman–Crippen MR) is 140 cm³/mol. The van der Waals surface area contributed by atoms with E-state index in [9.17, 15) is 9.59 Å². The number of aryl methyl sites for hydroxylation is 1. The van der Waals surface area contributed by atoms with Crippen LogP contribution in [-0.2, 0) is 14.3 Å². The molecule has 7 heteroatoms. The fourth-order valence-corrected chi connectivity index (χ4v) is 5.15. The zero-order valence-corrected chi connectivity index (χ0v) is 20.9. The number of anilines is 1. The largest absolute Gasteiger partial charge is 0.376 e. The van der Waals surface area contributed by atoms with E-state index in [0.29, 0.717) is 12.5 Å². The summed E-state index contributed by atoms with van der Waals surface area (Å²) in [6, 6.07) is 18.0. The van der Waals surface area contributed by atoms with Crippen molar-refractivity contribution in [3.8, 4) is 16.9 Å². The predicted octanol–water partition coefficient (Wildman–Crippen LogP) is 4.98. The highest BCUT2D eigenvalue weighted by Crippen LogP contribution is 2.28. The van der Waals surface area contributed by atoms with Crippen LogP contribution in [0, 0.1) is 12.8 Å². The van der Waals surface area contributed by atoms with Gasteiger partial charge in [0.05, 0.1) is 11.8 Å². The maximum Gasteiger partial charge on any atom is 0.246 e. The molecule has 1 saturated heterocycles. The number of nitrogens with zero attached hydrogens (tertiary/aromatic N) is 3. The van der Waals surface area contributed by atoms with E-state index in [2.05, 4.69) is 5.32 Å². The fraction of sp³-hybridized carbons (Fsp3) is 0.414. The molecule has 2 amide bonds. The van der Waals surface area contributed by atoms with Crippen molar-refractivity contribution in [2.24, 2.45) is 5.92 Å². The molecule has 2 aromatic carbocycles. The first-order valence-electron chi connectivity index (χ1n) is 13.0. The third kappa shape index (κ3) is 5.68. The van der Waals surface area contributed by atoms with Gasteiger partial charge in [-0.25, -0.2) is 4.98 Å². The Morgan fingerprint density at radius 3 is 2.47 bits per heavy atom. The quantitative estimate of drug-likeness (QED) is 0.487. The molecule has 0 radical (unpaired) electrons. The highest BCUT2D eigenvalue weighted by atomic mass is 16.5. The van der Waals surface area contributed by atoms with Crippen LogP contribution in [0.4, 0.5) is 5.95 Å². The van der Waals surface area contributed by atoms with Crippen LogP contribution < -0.4 is 5.32 Å². The molecule has 2 aliphatic rings. The Labute approximate surface area is 212 Å². The highest BCUT2D eigenvalue weighted by molar-refractivity contribution is 5.94. The summed E-state index contributed by atoms with van der Waals surface area (Å²) in [5.74, 6) is 0.273. The molecule has 2 fully saturated rings. The lowest BCUT2D eigenvalue weighted by atomic mass is 10.1. The van der Waals surface area contributed by atoms with Crippen LogP contribution in [0.3, 0.4) is 0 Å². The van der Waals surface area contributed by atoms with E-state index in [1.54, 1.807) is 4.90 Å². The second-order valence-corrected chi connectivity index (χ2v) is 9.90. The molecule has 1 aliphatic heterocycles. The van der Waals surface area contributed by atoms with Crippen LogP contribution in [0.15, 0.2) is 60.8 Å². The minimum absolute atomic E-state index is 0.00220. The van der Waals surface area contributed by atoms with Crippen molar-refractivity contribution >= 4 is 17.8 Å². The number of rotatable bonds is 8. The van der Waals surface area contributed by atoms with Crippen molar-refractivity contribution in [1.29, 1.82) is 0 Å². The Balaban J connectivity index is 1.38. The number of hydrogen-bond acceptors (Lipinski definition) is 4. The van der Waals surface area contributed by atoms with Crippen LogP contribution in [-0.4, -0.2) is 52.1 Å². The number of amides is 2. The molecule has 7 nitrogen and oxygen atoms in total.